The van der Waals surface area contributed by atoms with Crippen LogP contribution < -0.4 is 19.5 Å². The Hall–Kier alpha value is -2.78. The standard InChI is InChI=1S/C20H26N2O6S/c1-22(29(24,25)17-8-6-16(26-2)7-9-17)14-20(23)21-12-11-15-5-10-18(27-3)19(13-15)28-4/h5-10,13H,11-12,14H2,1-4H3,(H,21,23). The van der Waals surface area contributed by atoms with Crippen LogP contribution in [-0.4, -0.2) is 60.1 Å². The summed E-state index contributed by atoms with van der Waals surface area (Å²) in [6.45, 7) is 0.0883. The van der Waals surface area contributed by atoms with Gasteiger partial charge in [-0.05, 0) is 48.4 Å². The average Bonchev–Trinajstić information content (AvgIpc) is 2.73. The number of methoxy groups -OCH3 is 3. The van der Waals surface area contributed by atoms with Crippen LogP contribution in [0.5, 0.6) is 17.2 Å². The Morgan fingerprint density at radius 3 is 2.21 bits per heavy atom. The first-order chi connectivity index (χ1) is 13.8. The summed E-state index contributed by atoms with van der Waals surface area (Å²) in [6.07, 6.45) is 0.570. The van der Waals surface area contributed by atoms with E-state index in [9.17, 15) is 13.2 Å². The summed E-state index contributed by atoms with van der Waals surface area (Å²) >= 11 is 0. The van der Waals surface area contributed by atoms with Gasteiger partial charge < -0.3 is 19.5 Å². The second-order valence-corrected chi connectivity index (χ2v) is 8.27. The first-order valence-corrected chi connectivity index (χ1v) is 10.3. The SMILES string of the molecule is COc1ccc(S(=O)(=O)N(C)CC(=O)NCCc2ccc(OC)c(OC)c2)cc1. The maximum absolute atomic E-state index is 12.6. The quantitative estimate of drug-likeness (QED) is 0.626. The Morgan fingerprint density at radius 2 is 1.62 bits per heavy atom. The van der Waals surface area contributed by atoms with Gasteiger partial charge in [-0.1, -0.05) is 6.07 Å². The van der Waals surface area contributed by atoms with E-state index in [0.29, 0.717) is 30.2 Å². The Labute approximate surface area is 171 Å². The molecule has 0 unspecified atom stereocenters. The normalized spacial score (nSPS) is 11.2. The van der Waals surface area contributed by atoms with E-state index in [4.69, 9.17) is 14.2 Å². The van der Waals surface area contributed by atoms with Crippen molar-refractivity contribution in [2.24, 2.45) is 0 Å². The number of amides is 1. The number of nitrogens with one attached hydrogen (secondary N) is 1. The maximum Gasteiger partial charge on any atom is 0.243 e. The number of carbonyl (C=O) groups is 1. The van der Waals surface area contributed by atoms with Gasteiger partial charge in [0.2, 0.25) is 15.9 Å². The molecule has 1 amide bonds. The Kier molecular flexibility index (Phi) is 7.86. The fourth-order valence-electron chi connectivity index (χ4n) is 2.65. The van der Waals surface area contributed by atoms with Crippen LogP contribution >= 0.6 is 0 Å². The summed E-state index contributed by atoms with van der Waals surface area (Å²) in [7, 11) is 2.23. The van der Waals surface area contributed by atoms with Crippen LogP contribution in [0.3, 0.4) is 0 Å². The molecule has 0 radical (unpaired) electrons. The summed E-state index contributed by atoms with van der Waals surface area (Å²) < 4.78 is 41.6. The van der Waals surface area contributed by atoms with Crippen LogP contribution in [0.2, 0.25) is 0 Å². The van der Waals surface area contributed by atoms with E-state index in [0.717, 1.165) is 9.87 Å². The van der Waals surface area contributed by atoms with Crippen molar-refractivity contribution in [3.8, 4) is 17.2 Å². The number of likely N-dealkylation sites (N-methyl/N-ethyl adjacent to an activating group) is 1. The number of hydrogen-bond acceptors (Lipinski definition) is 6. The molecule has 0 atom stereocenters. The van der Waals surface area contributed by atoms with Crippen LogP contribution in [0.15, 0.2) is 47.4 Å². The molecule has 2 aromatic rings. The highest BCUT2D eigenvalue weighted by Gasteiger charge is 2.22. The smallest absolute Gasteiger partial charge is 0.243 e. The molecule has 0 saturated carbocycles. The van der Waals surface area contributed by atoms with Gasteiger partial charge in [0.15, 0.2) is 11.5 Å². The van der Waals surface area contributed by atoms with E-state index in [2.05, 4.69) is 5.32 Å². The van der Waals surface area contributed by atoms with E-state index in [1.807, 2.05) is 12.1 Å². The van der Waals surface area contributed by atoms with Crippen molar-refractivity contribution in [1.29, 1.82) is 0 Å². The van der Waals surface area contributed by atoms with Crippen molar-refractivity contribution in [2.45, 2.75) is 11.3 Å². The molecule has 29 heavy (non-hydrogen) atoms. The molecule has 2 rings (SSSR count). The molecule has 0 aliphatic heterocycles. The summed E-state index contributed by atoms with van der Waals surface area (Å²) in [5.41, 5.74) is 0.960. The molecule has 0 aliphatic rings. The van der Waals surface area contributed by atoms with E-state index >= 15 is 0 Å². The van der Waals surface area contributed by atoms with Gasteiger partial charge >= 0.3 is 0 Å². The van der Waals surface area contributed by atoms with Gasteiger partial charge in [0.05, 0.1) is 32.8 Å². The molecule has 0 heterocycles. The monoisotopic (exact) mass is 422 g/mol. The molecule has 0 aliphatic carbocycles. The number of nitrogens with zero attached hydrogens (tertiary/aromatic N) is 1. The van der Waals surface area contributed by atoms with Gasteiger partial charge in [-0.3, -0.25) is 4.79 Å². The van der Waals surface area contributed by atoms with E-state index in [1.165, 1.54) is 26.3 Å². The number of ether oxygens (including phenoxy) is 3. The minimum absolute atomic E-state index is 0.0962. The van der Waals surface area contributed by atoms with Crippen LogP contribution in [0.4, 0.5) is 0 Å². The number of rotatable bonds is 10. The summed E-state index contributed by atoms with van der Waals surface area (Å²) in [4.78, 5) is 12.3. The maximum atomic E-state index is 12.6. The van der Waals surface area contributed by atoms with Gasteiger partial charge in [-0.25, -0.2) is 8.42 Å². The third kappa shape index (κ3) is 5.85. The van der Waals surface area contributed by atoms with Gasteiger partial charge in [-0.15, -0.1) is 0 Å². The van der Waals surface area contributed by atoms with Crippen molar-refractivity contribution in [2.75, 3.05) is 41.5 Å². The zero-order valence-corrected chi connectivity index (χ0v) is 17.8. The van der Waals surface area contributed by atoms with Crippen molar-refractivity contribution in [3.05, 3.63) is 48.0 Å². The van der Waals surface area contributed by atoms with Crippen molar-refractivity contribution in [3.63, 3.8) is 0 Å². The summed E-state index contributed by atoms with van der Waals surface area (Å²) in [6, 6.07) is 11.5. The Bertz CT molecular complexity index is 928. The topological polar surface area (TPSA) is 94.2 Å². The molecule has 9 heteroatoms. The Balaban J connectivity index is 1.89. The predicted molar refractivity (Wildman–Crippen MR) is 109 cm³/mol. The van der Waals surface area contributed by atoms with Gasteiger partial charge in [0.1, 0.15) is 5.75 Å². The van der Waals surface area contributed by atoms with Gasteiger partial charge in [0, 0.05) is 13.6 Å². The molecule has 0 bridgehead atoms. The minimum Gasteiger partial charge on any atom is -0.497 e. The fourth-order valence-corrected chi connectivity index (χ4v) is 3.78. The molecule has 0 aromatic heterocycles. The average molecular weight is 423 g/mol. The summed E-state index contributed by atoms with van der Waals surface area (Å²) in [5, 5.41) is 2.73. The van der Waals surface area contributed by atoms with E-state index in [-0.39, 0.29) is 17.3 Å². The number of carbonyl (C=O) groups excluding carboxylic acids is 1. The molecular weight excluding hydrogens is 396 g/mol. The third-order valence-electron chi connectivity index (χ3n) is 4.32. The van der Waals surface area contributed by atoms with Crippen molar-refractivity contribution < 1.29 is 27.4 Å². The first kappa shape index (κ1) is 22.5. The molecule has 2 aromatic carbocycles. The third-order valence-corrected chi connectivity index (χ3v) is 6.14. The lowest BCUT2D eigenvalue weighted by Gasteiger charge is -2.17. The molecular formula is C20H26N2O6S. The highest BCUT2D eigenvalue weighted by atomic mass is 32.2. The lowest BCUT2D eigenvalue weighted by atomic mass is 10.1. The molecule has 0 saturated heterocycles. The zero-order valence-electron chi connectivity index (χ0n) is 17.0. The van der Waals surface area contributed by atoms with Crippen LogP contribution in [0, 0.1) is 0 Å². The predicted octanol–water partition coefficient (Wildman–Crippen LogP) is 1.69. The zero-order chi connectivity index (χ0) is 21.4. The largest absolute Gasteiger partial charge is 0.497 e. The van der Waals surface area contributed by atoms with Gasteiger partial charge in [0.25, 0.3) is 0 Å². The van der Waals surface area contributed by atoms with E-state index in [1.54, 1.807) is 32.4 Å². The van der Waals surface area contributed by atoms with Crippen LogP contribution in [0.25, 0.3) is 0 Å². The lowest BCUT2D eigenvalue weighted by Crippen LogP contribution is -2.39. The van der Waals surface area contributed by atoms with Crippen LogP contribution in [0.1, 0.15) is 5.56 Å². The molecule has 0 fully saturated rings. The minimum atomic E-state index is -3.77. The Morgan fingerprint density at radius 1 is 0.966 bits per heavy atom. The highest BCUT2D eigenvalue weighted by molar-refractivity contribution is 7.89. The van der Waals surface area contributed by atoms with E-state index < -0.39 is 10.0 Å². The van der Waals surface area contributed by atoms with Crippen molar-refractivity contribution in [1.82, 2.24) is 9.62 Å². The lowest BCUT2D eigenvalue weighted by molar-refractivity contribution is -0.121. The molecule has 1 N–H and O–H groups in total. The molecule has 0 spiro atoms. The van der Waals surface area contributed by atoms with Crippen molar-refractivity contribution >= 4 is 15.9 Å². The summed E-state index contributed by atoms with van der Waals surface area (Å²) in [5.74, 6) is 1.41. The second kappa shape index (κ2) is 10.1. The molecule has 158 valence electrons. The van der Waals surface area contributed by atoms with Crippen LogP contribution in [-0.2, 0) is 21.2 Å². The first-order valence-electron chi connectivity index (χ1n) is 8.89. The number of benzene rings is 2. The number of hydrogen-bond donors (Lipinski definition) is 1. The second-order valence-electron chi connectivity index (χ2n) is 6.23. The molecule has 8 nitrogen and oxygen atoms in total. The van der Waals surface area contributed by atoms with Gasteiger partial charge in [-0.2, -0.15) is 4.31 Å². The highest BCUT2D eigenvalue weighted by Crippen LogP contribution is 2.27. The number of sulfonamides is 1. The fraction of sp³-hybridized carbons (Fsp3) is 0.350.